The zero-order valence-corrected chi connectivity index (χ0v) is 17.4. The molecule has 2 aromatic rings. The average Bonchev–Trinajstić information content (AvgIpc) is 2.75. The minimum atomic E-state index is -0.227. The molecule has 0 bridgehead atoms. The van der Waals surface area contributed by atoms with Crippen LogP contribution >= 0.6 is 0 Å². The first-order chi connectivity index (χ1) is 13.6. The van der Waals surface area contributed by atoms with E-state index in [2.05, 4.69) is 43.4 Å². The Morgan fingerprint density at radius 2 is 1.39 bits per heavy atom. The monoisotopic (exact) mass is 387 g/mol. The summed E-state index contributed by atoms with van der Waals surface area (Å²) in [6.07, 6.45) is 0. The molecule has 152 valence electrons. The molecule has 0 atom stereocenters. The number of hydrogen-bond acceptors (Lipinski definition) is 4. The van der Waals surface area contributed by atoms with Gasteiger partial charge in [0.2, 0.25) is 0 Å². The van der Waals surface area contributed by atoms with Gasteiger partial charge in [-0.25, -0.2) is 0 Å². The van der Waals surface area contributed by atoms with Crippen molar-refractivity contribution in [3.8, 4) is 17.2 Å². The number of benzene rings is 2. The lowest BCUT2D eigenvalue weighted by atomic mass is 10.1. The fourth-order valence-corrected chi connectivity index (χ4v) is 3.05. The Morgan fingerprint density at radius 3 is 1.93 bits per heavy atom. The summed E-state index contributed by atoms with van der Waals surface area (Å²) in [5.41, 5.74) is 2.75. The topological polar surface area (TPSA) is 61.2 Å². The number of carbonyl (C=O) groups excluding carboxylic acids is 1. The molecular formula is C22H31N2O4+. The van der Waals surface area contributed by atoms with Crippen molar-refractivity contribution in [3.05, 3.63) is 53.1 Å². The lowest BCUT2D eigenvalue weighted by Gasteiger charge is -2.16. The number of rotatable bonds is 10. The van der Waals surface area contributed by atoms with E-state index in [0.29, 0.717) is 29.4 Å². The van der Waals surface area contributed by atoms with Crippen molar-refractivity contribution in [2.45, 2.75) is 26.9 Å². The summed E-state index contributed by atoms with van der Waals surface area (Å²) in [6, 6.07) is 11.7. The highest BCUT2D eigenvalue weighted by molar-refractivity contribution is 5.97. The van der Waals surface area contributed by atoms with Gasteiger partial charge in [-0.1, -0.05) is 24.3 Å². The molecule has 2 N–H and O–H groups in total. The zero-order chi connectivity index (χ0) is 20.5. The number of quaternary nitrogens is 1. The maximum absolute atomic E-state index is 12.7. The molecule has 6 heteroatoms. The van der Waals surface area contributed by atoms with Gasteiger partial charge < -0.3 is 24.4 Å². The van der Waals surface area contributed by atoms with E-state index in [1.807, 2.05) is 0 Å². The first-order valence-electron chi connectivity index (χ1n) is 9.55. The van der Waals surface area contributed by atoms with Gasteiger partial charge in [0.25, 0.3) is 5.91 Å². The van der Waals surface area contributed by atoms with Gasteiger partial charge in [-0.2, -0.15) is 0 Å². The molecular weight excluding hydrogens is 356 g/mol. The van der Waals surface area contributed by atoms with E-state index in [9.17, 15) is 4.79 Å². The molecule has 0 unspecified atom stereocenters. The highest BCUT2D eigenvalue weighted by Crippen LogP contribution is 2.34. The SMILES string of the molecule is CC[NH+](CC)Cc1ccc(CNC(=O)c2cc(OC)c(OC)cc2OC)cc1. The van der Waals surface area contributed by atoms with Gasteiger partial charge >= 0.3 is 0 Å². The summed E-state index contributed by atoms with van der Waals surface area (Å²) in [6.45, 7) is 8.08. The van der Waals surface area contributed by atoms with Gasteiger partial charge in [-0.05, 0) is 19.4 Å². The van der Waals surface area contributed by atoms with Crippen LogP contribution in [0.4, 0.5) is 0 Å². The Morgan fingerprint density at radius 1 is 0.857 bits per heavy atom. The molecule has 0 heterocycles. The van der Waals surface area contributed by atoms with E-state index in [1.165, 1.54) is 19.8 Å². The van der Waals surface area contributed by atoms with Crippen molar-refractivity contribution in [1.29, 1.82) is 0 Å². The largest absolute Gasteiger partial charge is 0.496 e. The number of carbonyl (C=O) groups is 1. The predicted octanol–water partition coefficient (Wildman–Crippen LogP) is 2.07. The van der Waals surface area contributed by atoms with Crippen molar-refractivity contribution in [2.24, 2.45) is 0 Å². The summed E-state index contributed by atoms with van der Waals surface area (Å²) in [4.78, 5) is 14.2. The number of methoxy groups -OCH3 is 3. The third-order valence-electron chi connectivity index (χ3n) is 4.88. The van der Waals surface area contributed by atoms with Gasteiger partial charge in [0.05, 0.1) is 40.0 Å². The molecule has 0 fully saturated rings. The predicted molar refractivity (Wildman–Crippen MR) is 109 cm³/mol. The van der Waals surface area contributed by atoms with Crippen LogP contribution in [0.5, 0.6) is 17.2 Å². The molecule has 28 heavy (non-hydrogen) atoms. The second-order valence-electron chi connectivity index (χ2n) is 6.54. The van der Waals surface area contributed by atoms with Crippen molar-refractivity contribution in [1.82, 2.24) is 5.32 Å². The standard InChI is InChI=1S/C22H30N2O4/c1-6-24(7-2)15-17-10-8-16(9-11-17)14-23-22(25)18-12-20(27-4)21(28-5)13-19(18)26-3/h8-13H,6-7,14-15H2,1-5H3,(H,23,25)/p+1. The van der Waals surface area contributed by atoms with Gasteiger partial charge in [-0.15, -0.1) is 0 Å². The minimum Gasteiger partial charge on any atom is -0.496 e. The minimum absolute atomic E-state index is 0.227. The van der Waals surface area contributed by atoms with Crippen LogP contribution in [-0.2, 0) is 13.1 Å². The van der Waals surface area contributed by atoms with Crippen molar-refractivity contribution < 1.29 is 23.9 Å². The van der Waals surface area contributed by atoms with Crippen LogP contribution in [0.2, 0.25) is 0 Å². The van der Waals surface area contributed by atoms with Crippen LogP contribution in [0.15, 0.2) is 36.4 Å². The fourth-order valence-electron chi connectivity index (χ4n) is 3.05. The molecule has 2 aromatic carbocycles. The van der Waals surface area contributed by atoms with Crippen molar-refractivity contribution >= 4 is 5.91 Å². The molecule has 0 aliphatic rings. The van der Waals surface area contributed by atoms with E-state index in [1.54, 1.807) is 24.1 Å². The van der Waals surface area contributed by atoms with Crippen molar-refractivity contribution in [3.63, 3.8) is 0 Å². The van der Waals surface area contributed by atoms with Gasteiger partial charge in [0, 0.05) is 24.2 Å². The molecule has 0 aliphatic carbocycles. The average molecular weight is 388 g/mol. The Kier molecular flexibility index (Phi) is 8.14. The number of hydrogen-bond donors (Lipinski definition) is 2. The first-order valence-corrected chi connectivity index (χ1v) is 9.55. The molecule has 6 nitrogen and oxygen atoms in total. The normalized spacial score (nSPS) is 10.6. The fraction of sp³-hybridized carbons (Fsp3) is 0.409. The van der Waals surface area contributed by atoms with E-state index in [0.717, 1.165) is 25.2 Å². The summed E-state index contributed by atoms with van der Waals surface area (Å²) >= 11 is 0. The number of ether oxygens (including phenoxy) is 3. The Bertz CT molecular complexity index is 771. The molecule has 0 spiro atoms. The molecule has 0 aromatic heterocycles. The Hall–Kier alpha value is -2.73. The van der Waals surface area contributed by atoms with Gasteiger partial charge in [0.1, 0.15) is 12.3 Å². The summed E-state index contributed by atoms with van der Waals surface area (Å²) in [5, 5.41) is 2.94. The quantitative estimate of drug-likeness (QED) is 0.655. The second-order valence-corrected chi connectivity index (χ2v) is 6.54. The van der Waals surface area contributed by atoms with E-state index < -0.39 is 0 Å². The Labute approximate surface area is 167 Å². The van der Waals surface area contributed by atoms with Crippen LogP contribution in [-0.4, -0.2) is 40.3 Å². The maximum Gasteiger partial charge on any atom is 0.255 e. The maximum atomic E-state index is 12.7. The molecule has 2 rings (SSSR count). The first kappa shape index (κ1) is 21.6. The molecule has 0 saturated carbocycles. The third-order valence-corrected chi connectivity index (χ3v) is 4.88. The lowest BCUT2D eigenvalue weighted by Crippen LogP contribution is -3.10. The van der Waals surface area contributed by atoms with Crippen LogP contribution in [0.25, 0.3) is 0 Å². The summed E-state index contributed by atoms with van der Waals surface area (Å²) < 4.78 is 15.9. The molecule has 1 amide bonds. The van der Waals surface area contributed by atoms with Crippen LogP contribution in [0.1, 0.15) is 35.3 Å². The molecule has 0 radical (unpaired) electrons. The highest BCUT2D eigenvalue weighted by atomic mass is 16.5. The van der Waals surface area contributed by atoms with Crippen LogP contribution < -0.4 is 24.4 Å². The van der Waals surface area contributed by atoms with Crippen LogP contribution in [0.3, 0.4) is 0 Å². The summed E-state index contributed by atoms with van der Waals surface area (Å²) in [5.74, 6) is 1.21. The summed E-state index contributed by atoms with van der Waals surface area (Å²) in [7, 11) is 4.60. The number of nitrogens with one attached hydrogen (secondary N) is 2. The lowest BCUT2D eigenvalue weighted by molar-refractivity contribution is -0.910. The number of amides is 1. The van der Waals surface area contributed by atoms with Crippen LogP contribution in [0, 0.1) is 0 Å². The smallest absolute Gasteiger partial charge is 0.255 e. The molecule has 0 aliphatic heterocycles. The van der Waals surface area contributed by atoms with E-state index in [4.69, 9.17) is 14.2 Å². The second kappa shape index (κ2) is 10.6. The third kappa shape index (κ3) is 5.39. The molecule has 0 saturated heterocycles. The van der Waals surface area contributed by atoms with Crippen molar-refractivity contribution in [2.75, 3.05) is 34.4 Å². The van der Waals surface area contributed by atoms with E-state index in [-0.39, 0.29) is 5.91 Å². The Balaban J connectivity index is 2.05. The van der Waals surface area contributed by atoms with Gasteiger partial charge in [-0.3, -0.25) is 4.79 Å². The van der Waals surface area contributed by atoms with E-state index >= 15 is 0 Å². The highest BCUT2D eigenvalue weighted by Gasteiger charge is 2.17. The van der Waals surface area contributed by atoms with Gasteiger partial charge in [0.15, 0.2) is 11.5 Å². The zero-order valence-electron chi connectivity index (χ0n) is 17.4.